The third-order valence-corrected chi connectivity index (χ3v) is 2.62. The highest BCUT2D eigenvalue weighted by atomic mass is 16.6. The van der Waals surface area contributed by atoms with Crippen molar-refractivity contribution in [2.45, 2.75) is 19.1 Å². The second kappa shape index (κ2) is 7.52. The molecule has 1 heterocycles. The molecule has 0 radical (unpaired) electrons. The molecule has 7 nitrogen and oxygen atoms in total. The molecule has 1 saturated heterocycles. The number of esters is 2. The van der Waals surface area contributed by atoms with E-state index in [0.717, 1.165) is 12.2 Å². The molecule has 1 rings (SSSR count). The van der Waals surface area contributed by atoms with E-state index in [-0.39, 0.29) is 5.91 Å². The van der Waals surface area contributed by atoms with Gasteiger partial charge in [0.15, 0.2) is 6.23 Å². The van der Waals surface area contributed by atoms with Gasteiger partial charge in [-0.15, -0.1) is 0 Å². The van der Waals surface area contributed by atoms with Gasteiger partial charge in [-0.25, -0.2) is 9.59 Å². The van der Waals surface area contributed by atoms with Gasteiger partial charge in [-0.2, -0.15) is 0 Å². The lowest BCUT2D eigenvalue weighted by Crippen LogP contribution is -2.38. The quantitative estimate of drug-likeness (QED) is 0.494. The summed E-state index contributed by atoms with van der Waals surface area (Å²) in [4.78, 5) is 35.3. The summed E-state index contributed by atoms with van der Waals surface area (Å²) in [6.07, 6.45) is 2.13. The molecule has 1 unspecified atom stereocenters. The first-order valence-corrected chi connectivity index (χ1v) is 5.83. The van der Waals surface area contributed by atoms with Crippen LogP contribution in [0.3, 0.4) is 0 Å². The van der Waals surface area contributed by atoms with Crippen molar-refractivity contribution >= 4 is 17.8 Å². The topological polar surface area (TPSA) is 82.1 Å². The van der Waals surface area contributed by atoms with Crippen molar-refractivity contribution in [2.75, 3.05) is 27.4 Å². The van der Waals surface area contributed by atoms with Gasteiger partial charge in [0.1, 0.15) is 0 Å². The molecule has 0 saturated carbocycles. The van der Waals surface area contributed by atoms with Crippen LogP contribution < -0.4 is 0 Å². The largest absolute Gasteiger partial charge is 0.466 e. The summed E-state index contributed by atoms with van der Waals surface area (Å²) in [7, 11) is 2.74. The van der Waals surface area contributed by atoms with Gasteiger partial charge in [-0.3, -0.25) is 4.79 Å². The monoisotopic (exact) mass is 271 g/mol. The van der Waals surface area contributed by atoms with E-state index in [1.807, 2.05) is 0 Å². The van der Waals surface area contributed by atoms with Crippen molar-refractivity contribution in [3.8, 4) is 0 Å². The maximum absolute atomic E-state index is 11.6. The molecule has 0 aliphatic carbocycles. The first-order chi connectivity index (χ1) is 9.08. The Bertz CT molecular complexity index is 378. The van der Waals surface area contributed by atoms with E-state index < -0.39 is 18.2 Å². The van der Waals surface area contributed by atoms with Gasteiger partial charge in [0.25, 0.3) is 0 Å². The number of carbonyl (C=O) groups excluding carboxylic acids is 3. The van der Waals surface area contributed by atoms with Crippen LogP contribution in [0.25, 0.3) is 0 Å². The Kier molecular flexibility index (Phi) is 6.01. The molecular formula is C12H17NO6. The molecule has 1 aliphatic rings. The maximum Gasteiger partial charge on any atom is 0.332 e. The van der Waals surface area contributed by atoms with E-state index in [4.69, 9.17) is 9.47 Å². The summed E-state index contributed by atoms with van der Waals surface area (Å²) in [6.45, 7) is 0.742. The predicted molar refractivity (Wildman–Crippen MR) is 63.9 cm³/mol. The lowest BCUT2D eigenvalue weighted by molar-refractivity contribution is -0.155. The molecule has 0 spiro atoms. The first kappa shape index (κ1) is 15.2. The van der Waals surface area contributed by atoms with Gasteiger partial charge in [0.2, 0.25) is 5.91 Å². The number of likely N-dealkylation sites (tertiary alicyclic amines) is 1. The maximum atomic E-state index is 11.6. The SMILES string of the molecule is COCCN1C(=O)CCC1OC(=O)/C=C/C(=O)OC. The van der Waals surface area contributed by atoms with E-state index in [1.165, 1.54) is 19.1 Å². The fourth-order valence-corrected chi connectivity index (χ4v) is 1.67. The molecule has 1 amide bonds. The standard InChI is InChI=1S/C12H17NO6/c1-17-8-7-13-9(14)3-4-10(13)19-12(16)6-5-11(15)18-2/h5-6,10H,3-4,7-8H2,1-2H3/b6-5+. The Morgan fingerprint density at radius 2 is 2.00 bits per heavy atom. The second-order valence-corrected chi connectivity index (χ2v) is 3.87. The lowest BCUT2D eigenvalue weighted by Gasteiger charge is -2.23. The van der Waals surface area contributed by atoms with E-state index in [9.17, 15) is 14.4 Å². The summed E-state index contributed by atoms with van der Waals surface area (Å²) >= 11 is 0. The molecule has 0 aromatic rings. The van der Waals surface area contributed by atoms with Crippen molar-refractivity contribution in [3.63, 3.8) is 0 Å². The average molecular weight is 271 g/mol. The zero-order chi connectivity index (χ0) is 14.3. The Balaban J connectivity index is 2.50. The van der Waals surface area contributed by atoms with Gasteiger partial charge in [0.05, 0.1) is 13.7 Å². The molecule has 1 aliphatic heterocycles. The van der Waals surface area contributed by atoms with Crippen molar-refractivity contribution in [2.24, 2.45) is 0 Å². The second-order valence-electron chi connectivity index (χ2n) is 3.87. The summed E-state index contributed by atoms with van der Waals surface area (Å²) in [5.74, 6) is -1.41. The van der Waals surface area contributed by atoms with Crippen LogP contribution in [0.15, 0.2) is 12.2 Å². The molecule has 0 aromatic carbocycles. The number of hydrogen-bond donors (Lipinski definition) is 0. The Labute approximate surface area is 111 Å². The molecule has 1 atom stereocenters. The highest BCUT2D eigenvalue weighted by Gasteiger charge is 2.32. The number of amides is 1. The molecule has 0 N–H and O–H groups in total. The van der Waals surface area contributed by atoms with E-state index >= 15 is 0 Å². The highest BCUT2D eigenvalue weighted by molar-refractivity contribution is 5.91. The van der Waals surface area contributed by atoms with Crippen LogP contribution >= 0.6 is 0 Å². The van der Waals surface area contributed by atoms with E-state index in [1.54, 1.807) is 0 Å². The van der Waals surface area contributed by atoms with Crippen molar-refractivity contribution in [1.82, 2.24) is 4.90 Å². The van der Waals surface area contributed by atoms with E-state index in [2.05, 4.69) is 4.74 Å². The van der Waals surface area contributed by atoms with Gasteiger partial charge < -0.3 is 19.1 Å². The van der Waals surface area contributed by atoms with Crippen LogP contribution in [0.1, 0.15) is 12.8 Å². The zero-order valence-electron chi connectivity index (χ0n) is 11.0. The number of ether oxygens (including phenoxy) is 3. The zero-order valence-corrected chi connectivity index (χ0v) is 11.0. The van der Waals surface area contributed by atoms with Gasteiger partial charge in [0, 0.05) is 38.6 Å². The fraction of sp³-hybridized carbons (Fsp3) is 0.583. The summed E-state index contributed by atoms with van der Waals surface area (Å²) in [6, 6.07) is 0. The summed E-state index contributed by atoms with van der Waals surface area (Å²) in [5, 5.41) is 0. The smallest absolute Gasteiger partial charge is 0.332 e. The molecule has 0 bridgehead atoms. The third kappa shape index (κ3) is 4.70. The van der Waals surface area contributed by atoms with Crippen LogP contribution in [0, 0.1) is 0 Å². The Hall–Kier alpha value is -1.89. The first-order valence-electron chi connectivity index (χ1n) is 5.83. The van der Waals surface area contributed by atoms with Crippen LogP contribution in [-0.2, 0) is 28.6 Å². The van der Waals surface area contributed by atoms with Crippen molar-refractivity contribution < 1.29 is 28.6 Å². The minimum absolute atomic E-state index is 0.0770. The highest BCUT2D eigenvalue weighted by Crippen LogP contribution is 2.19. The lowest BCUT2D eigenvalue weighted by atomic mass is 10.3. The van der Waals surface area contributed by atoms with Crippen LogP contribution in [-0.4, -0.2) is 56.3 Å². The Morgan fingerprint density at radius 1 is 1.32 bits per heavy atom. The molecular weight excluding hydrogens is 254 g/mol. The molecule has 1 fully saturated rings. The molecule has 19 heavy (non-hydrogen) atoms. The fourth-order valence-electron chi connectivity index (χ4n) is 1.67. The third-order valence-electron chi connectivity index (χ3n) is 2.62. The van der Waals surface area contributed by atoms with Crippen molar-refractivity contribution in [1.29, 1.82) is 0 Å². The summed E-state index contributed by atoms with van der Waals surface area (Å²) < 4.78 is 14.3. The van der Waals surface area contributed by atoms with Gasteiger partial charge in [-0.05, 0) is 0 Å². The number of carbonyl (C=O) groups is 3. The minimum atomic E-state index is -0.687. The Morgan fingerprint density at radius 3 is 2.63 bits per heavy atom. The van der Waals surface area contributed by atoms with Crippen molar-refractivity contribution in [3.05, 3.63) is 12.2 Å². The number of methoxy groups -OCH3 is 2. The van der Waals surface area contributed by atoms with Crippen LogP contribution in [0.4, 0.5) is 0 Å². The summed E-state index contributed by atoms with van der Waals surface area (Å²) in [5.41, 5.74) is 0. The number of rotatable bonds is 6. The molecule has 106 valence electrons. The minimum Gasteiger partial charge on any atom is -0.466 e. The van der Waals surface area contributed by atoms with Gasteiger partial charge in [-0.1, -0.05) is 0 Å². The normalized spacial score (nSPS) is 18.9. The van der Waals surface area contributed by atoms with E-state index in [0.29, 0.717) is 26.0 Å². The number of hydrogen-bond acceptors (Lipinski definition) is 6. The van der Waals surface area contributed by atoms with Crippen LogP contribution in [0.2, 0.25) is 0 Å². The molecule has 0 aromatic heterocycles. The predicted octanol–water partition coefficient (Wildman–Crippen LogP) is -0.146. The number of nitrogens with zero attached hydrogens (tertiary/aromatic N) is 1. The van der Waals surface area contributed by atoms with Gasteiger partial charge >= 0.3 is 11.9 Å². The van der Waals surface area contributed by atoms with Crippen LogP contribution in [0.5, 0.6) is 0 Å². The molecule has 7 heteroatoms. The average Bonchev–Trinajstić information content (AvgIpc) is 2.74.